The SMILES string of the molecule is C#Cc1cccc(NC(=O)CN(C)C(=O)C(CCSC)NC(=O)c2ccc(Cl)cc2Cl)c1. The molecule has 9 heteroatoms. The molecule has 0 saturated heterocycles. The molecule has 0 fully saturated rings. The summed E-state index contributed by atoms with van der Waals surface area (Å²) in [6.45, 7) is -0.188. The average molecular weight is 492 g/mol. The van der Waals surface area contributed by atoms with Crippen LogP contribution < -0.4 is 10.6 Å². The van der Waals surface area contributed by atoms with Gasteiger partial charge in [-0.15, -0.1) is 6.42 Å². The summed E-state index contributed by atoms with van der Waals surface area (Å²) in [5, 5.41) is 6.03. The number of nitrogens with one attached hydrogen (secondary N) is 2. The number of anilines is 1. The van der Waals surface area contributed by atoms with Gasteiger partial charge in [0.25, 0.3) is 5.91 Å². The topological polar surface area (TPSA) is 78.5 Å². The Morgan fingerprint density at radius 1 is 1.19 bits per heavy atom. The van der Waals surface area contributed by atoms with E-state index in [-0.39, 0.29) is 28.9 Å². The van der Waals surface area contributed by atoms with Crippen LogP contribution in [0.4, 0.5) is 5.69 Å². The predicted molar refractivity (Wildman–Crippen MR) is 131 cm³/mol. The molecule has 1 atom stereocenters. The van der Waals surface area contributed by atoms with Gasteiger partial charge in [-0.2, -0.15) is 11.8 Å². The van der Waals surface area contributed by atoms with Crippen molar-refractivity contribution in [2.75, 3.05) is 30.9 Å². The van der Waals surface area contributed by atoms with Crippen molar-refractivity contribution in [3.05, 3.63) is 63.6 Å². The van der Waals surface area contributed by atoms with Crippen molar-refractivity contribution in [2.24, 2.45) is 0 Å². The second-order valence-electron chi connectivity index (χ2n) is 6.90. The molecule has 2 rings (SSSR count). The van der Waals surface area contributed by atoms with Gasteiger partial charge in [-0.05, 0) is 54.8 Å². The summed E-state index contributed by atoms with van der Waals surface area (Å²) < 4.78 is 0. The standard InChI is InChI=1S/C23H23Cl2N3O3S/c1-4-15-6-5-7-17(12-15)26-21(29)14-28(2)23(31)20(10-11-32-3)27-22(30)18-9-8-16(24)13-19(18)25/h1,5-9,12-13,20H,10-11,14H2,2-3H3,(H,26,29)(H,27,30). The fourth-order valence-electron chi connectivity index (χ4n) is 2.85. The van der Waals surface area contributed by atoms with Crippen LogP contribution in [0.3, 0.4) is 0 Å². The number of benzene rings is 2. The number of carbonyl (C=O) groups is 3. The molecule has 0 aliphatic heterocycles. The van der Waals surface area contributed by atoms with Crippen LogP contribution in [-0.4, -0.2) is 54.3 Å². The minimum Gasteiger partial charge on any atom is -0.340 e. The Bertz CT molecular complexity index is 1040. The van der Waals surface area contributed by atoms with Gasteiger partial charge in [-0.3, -0.25) is 14.4 Å². The van der Waals surface area contributed by atoms with Crippen molar-refractivity contribution < 1.29 is 14.4 Å². The molecular weight excluding hydrogens is 469 g/mol. The third kappa shape index (κ3) is 7.49. The summed E-state index contributed by atoms with van der Waals surface area (Å²) in [6.07, 6.45) is 7.67. The monoisotopic (exact) mass is 491 g/mol. The predicted octanol–water partition coefficient (Wildman–Crippen LogP) is 3.92. The lowest BCUT2D eigenvalue weighted by Crippen LogP contribution is -2.49. The van der Waals surface area contributed by atoms with Crippen molar-refractivity contribution in [3.8, 4) is 12.3 Å². The minimum atomic E-state index is -0.815. The third-order valence-corrected chi connectivity index (χ3v) is 5.65. The van der Waals surface area contributed by atoms with Gasteiger partial charge in [0, 0.05) is 23.3 Å². The van der Waals surface area contributed by atoms with E-state index in [0.717, 1.165) is 0 Å². The number of thioether (sulfide) groups is 1. The normalized spacial score (nSPS) is 11.2. The summed E-state index contributed by atoms with van der Waals surface area (Å²) in [6, 6.07) is 10.5. The molecule has 1 unspecified atom stereocenters. The van der Waals surface area contributed by atoms with Crippen LogP contribution in [0.5, 0.6) is 0 Å². The Morgan fingerprint density at radius 3 is 2.59 bits per heavy atom. The van der Waals surface area contributed by atoms with Crippen molar-refractivity contribution >= 4 is 58.4 Å². The Labute approximate surface area is 202 Å². The van der Waals surface area contributed by atoms with Crippen molar-refractivity contribution in [2.45, 2.75) is 12.5 Å². The summed E-state index contributed by atoms with van der Waals surface area (Å²) in [5.74, 6) is 1.88. The summed E-state index contributed by atoms with van der Waals surface area (Å²) >= 11 is 13.5. The third-order valence-electron chi connectivity index (χ3n) is 4.46. The Morgan fingerprint density at radius 2 is 1.94 bits per heavy atom. The van der Waals surface area contributed by atoms with Crippen LogP contribution >= 0.6 is 35.0 Å². The molecule has 2 aromatic rings. The van der Waals surface area contributed by atoms with Gasteiger partial charge in [-0.25, -0.2) is 0 Å². The van der Waals surface area contributed by atoms with E-state index in [4.69, 9.17) is 29.6 Å². The number of carbonyl (C=O) groups excluding carboxylic acids is 3. The van der Waals surface area contributed by atoms with E-state index >= 15 is 0 Å². The first-order chi connectivity index (χ1) is 15.2. The highest BCUT2D eigenvalue weighted by Crippen LogP contribution is 2.21. The van der Waals surface area contributed by atoms with Gasteiger partial charge in [0.15, 0.2) is 0 Å². The van der Waals surface area contributed by atoms with E-state index in [1.54, 1.807) is 42.1 Å². The number of hydrogen-bond acceptors (Lipinski definition) is 4. The number of terminal acetylenes is 1. The largest absolute Gasteiger partial charge is 0.340 e. The van der Waals surface area contributed by atoms with Gasteiger partial charge in [0.05, 0.1) is 17.1 Å². The minimum absolute atomic E-state index is 0.188. The van der Waals surface area contributed by atoms with Gasteiger partial charge < -0.3 is 15.5 Å². The fraction of sp³-hybridized carbons (Fsp3) is 0.261. The van der Waals surface area contributed by atoms with Gasteiger partial charge >= 0.3 is 0 Å². The lowest BCUT2D eigenvalue weighted by Gasteiger charge is -2.24. The highest BCUT2D eigenvalue weighted by atomic mass is 35.5. The maximum absolute atomic E-state index is 13.0. The molecule has 0 heterocycles. The van der Waals surface area contributed by atoms with Gasteiger partial charge in [0.1, 0.15) is 6.04 Å². The van der Waals surface area contributed by atoms with Crippen LogP contribution in [0.25, 0.3) is 0 Å². The zero-order valence-electron chi connectivity index (χ0n) is 17.7. The number of amides is 3. The van der Waals surface area contributed by atoms with Gasteiger partial charge in [-0.1, -0.05) is 35.2 Å². The molecule has 32 heavy (non-hydrogen) atoms. The number of nitrogens with zero attached hydrogens (tertiary/aromatic N) is 1. The quantitative estimate of drug-likeness (QED) is 0.521. The van der Waals surface area contributed by atoms with E-state index in [1.165, 1.54) is 24.1 Å². The highest BCUT2D eigenvalue weighted by molar-refractivity contribution is 7.98. The molecular formula is C23H23Cl2N3O3S. The molecule has 0 bridgehead atoms. The molecule has 0 radical (unpaired) electrons. The Hall–Kier alpha value is -2.66. The zero-order chi connectivity index (χ0) is 23.7. The lowest BCUT2D eigenvalue weighted by atomic mass is 10.1. The molecule has 2 aromatic carbocycles. The van der Waals surface area contributed by atoms with Crippen LogP contribution in [0, 0.1) is 12.3 Å². The van der Waals surface area contributed by atoms with E-state index in [1.807, 2.05) is 6.26 Å². The lowest BCUT2D eigenvalue weighted by molar-refractivity contribution is -0.135. The first-order valence-corrected chi connectivity index (χ1v) is 11.8. The maximum Gasteiger partial charge on any atom is 0.253 e. The number of rotatable bonds is 9. The number of likely N-dealkylation sites (N-methyl/N-ethyl adjacent to an activating group) is 1. The molecule has 0 aliphatic carbocycles. The van der Waals surface area contributed by atoms with Crippen molar-refractivity contribution in [1.82, 2.24) is 10.2 Å². The van der Waals surface area contributed by atoms with E-state index in [0.29, 0.717) is 28.4 Å². The Balaban J connectivity index is 2.05. The average Bonchev–Trinajstić information content (AvgIpc) is 2.75. The number of halogens is 2. The molecule has 3 amide bonds. The Kier molecular flexibility index (Phi) is 9.92. The van der Waals surface area contributed by atoms with Crippen LogP contribution in [0.2, 0.25) is 10.0 Å². The van der Waals surface area contributed by atoms with Crippen LogP contribution in [-0.2, 0) is 9.59 Å². The van der Waals surface area contributed by atoms with Crippen LogP contribution in [0.15, 0.2) is 42.5 Å². The molecule has 168 valence electrons. The van der Waals surface area contributed by atoms with Crippen molar-refractivity contribution in [1.29, 1.82) is 0 Å². The fourth-order valence-corrected chi connectivity index (χ4v) is 3.82. The first kappa shape index (κ1) is 25.6. The smallest absolute Gasteiger partial charge is 0.253 e. The van der Waals surface area contributed by atoms with E-state index in [2.05, 4.69) is 16.6 Å². The van der Waals surface area contributed by atoms with E-state index in [9.17, 15) is 14.4 Å². The summed E-state index contributed by atoms with van der Waals surface area (Å²) in [5.41, 5.74) is 1.38. The molecule has 2 N–H and O–H groups in total. The summed E-state index contributed by atoms with van der Waals surface area (Å²) in [7, 11) is 1.51. The molecule has 0 aliphatic rings. The zero-order valence-corrected chi connectivity index (χ0v) is 20.0. The molecule has 0 spiro atoms. The maximum atomic E-state index is 13.0. The summed E-state index contributed by atoms with van der Waals surface area (Å²) in [4.78, 5) is 39.4. The molecule has 0 aromatic heterocycles. The van der Waals surface area contributed by atoms with Crippen LogP contribution in [0.1, 0.15) is 22.3 Å². The second-order valence-corrected chi connectivity index (χ2v) is 8.73. The van der Waals surface area contributed by atoms with Crippen molar-refractivity contribution in [3.63, 3.8) is 0 Å². The van der Waals surface area contributed by atoms with Gasteiger partial charge in [0.2, 0.25) is 11.8 Å². The number of hydrogen-bond donors (Lipinski definition) is 2. The highest BCUT2D eigenvalue weighted by Gasteiger charge is 2.26. The molecule has 0 saturated carbocycles. The first-order valence-electron chi connectivity index (χ1n) is 9.61. The molecule has 6 nitrogen and oxygen atoms in total. The second kappa shape index (κ2) is 12.4. The van der Waals surface area contributed by atoms with E-state index < -0.39 is 11.9 Å².